The summed E-state index contributed by atoms with van der Waals surface area (Å²) in [6.45, 7) is -1.49. The third kappa shape index (κ3) is 7.41. The Balaban J connectivity index is 1.75. The monoisotopic (exact) mass is 643 g/mol. The van der Waals surface area contributed by atoms with Gasteiger partial charge in [0.1, 0.15) is 12.4 Å². The van der Waals surface area contributed by atoms with Gasteiger partial charge in [-0.25, -0.2) is 4.39 Å². The second kappa shape index (κ2) is 10.6. The van der Waals surface area contributed by atoms with Gasteiger partial charge in [-0.3, -0.25) is 9.59 Å². The van der Waals surface area contributed by atoms with E-state index in [1.807, 2.05) is 5.32 Å². The van der Waals surface area contributed by atoms with Gasteiger partial charge in [-0.2, -0.15) is 26.3 Å². The van der Waals surface area contributed by atoms with Gasteiger partial charge in [-0.05, 0) is 54.3 Å². The number of ketones is 1. The molecule has 0 aromatic heterocycles. The van der Waals surface area contributed by atoms with Crippen molar-refractivity contribution >= 4 is 49.6 Å². The molecule has 194 valence electrons. The number of hydrogen-bond donors (Lipinski definition) is 1. The van der Waals surface area contributed by atoms with Crippen molar-refractivity contribution in [3.8, 4) is 0 Å². The van der Waals surface area contributed by atoms with Gasteiger partial charge in [0, 0.05) is 20.9 Å². The summed E-state index contributed by atoms with van der Waals surface area (Å²) in [5, 5.41) is 1.81. The Morgan fingerprint density at radius 2 is 1.69 bits per heavy atom. The van der Waals surface area contributed by atoms with Crippen molar-refractivity contribution in [1.82, 2.24) is 5.32 Å². The molecular formula is C24H18Br2F7NO2. The number of carbonyl (C=O) groups excluding carboxylic acids is 2. The van der Waals surface area contributed by atoms with E-state index < -0.39 is 47.7 Å². The lowest BCUT2D eigenvalue weighted by atomic mass is 9.93. The lowest BCUT2D eigenvalue weighted by Gasteiger charge is -2.18. The largest absolute Gasteiger partial charge is 0.405 e. The average Bonchev–Trinajstić information content (AvgIpc) is 3.50. The van der Waals surface area contributed by atoms with Gasteiger partial charge >= 0.3 is 12.4 Å². The molecule has 0 heterocycles. The highest BCUT2D eigenvalue weighted by atomic mass is 79.9. The van der Waals surface area contributed by atoms with E-state index in [4.69, 9.17) is 0 Å². The lowest BCUT2D eigenvalue weighted by Crippen LogP contribution is -2.39. The molecule has 0 saturated heterocycles. The van der Waals surface area contributed by atoms with Crippen molar-refractivity contribution in [3.05, 3.63) is 73.9 Å². The molecule has 0 spiro atoms. The van der Waals surface area contributed by atoms with Crippen LogP contribution in [0.25, 0.3) is 6.08 Å². The van der Waals surface area contributed by atoms with Gasteiger partial charge in [-0.1, -0.05) is 50.1 Å². The van der Waals surface area contributed by atoms with Crippen LogP contribution in [0.1, 0.15) is 46.7 Å². The number of rotatable bonds is 8. The summed E-state index contributed by atoms with van der Waals surface area (Å²) in [5.74, 6) is -4.25. The Kier molecular flexibility index (Phi) is 8.39. The molecule has 3 nitrogen and oxygen atoms in total. The fourth-order valence-electron chi connectivity index (χ4n) is 3.64. The van der Waals surface area contributed by atoms with E-state index in [0.717, 1.165) is 18.2 Å². The minimum absolute atomic E-state index is 0.142. The highest BCUT2D eigenvalue weighted by molar-refractivity contribution is 9.10. The molecule has 12 heteroatoms. The quantitative estimate of drug-likeness (QED) is 0.236. The third-order valence-corrected chi connectivity index (χ3v) is 6.77. The maximum atomic E-state index is 13.6. The smallest absolute Gasteiger partial charge is 0.346 e. The topological polar surface area (TPSA) is 46.2 Å². The Hall–Kier alpha value is -2.21. The van der Waals surface area contributed by atoms with Gasteiger partial charge in [0.2, 0.25) is 5.91 Å². The molecule has 1 atom stereocenters. The first-order chi connectivity index (χ1) is 16.6. The molecular weight excluding hydrogens is 627 g/mol. The molecule has 1 saturated carbocycles. The van der Waals surface area contributed by atoms with Crippen LogP contribution in [0.3, 0.4) is 0 Å². The highest BCUT2D eigenvalue weighted by Gasteiger charge is 2.51. The molecule has 0 radical (unpaired) electrons. The van der Waals surface area contributed by atoms with Gasteiger partial charge in [0.05, 0.1) is 11.3 Å². The van der Waals surface area contributed by atoms with E-state index in [-0.39, 0.29) is 39.3 Å². The number of carbonyl (C=O) groups is 2. The first-order valence-corrected chi connectivity index (χ1v) is 12.1. The standard InChI is InChI=1S/C24H18Br2F7NO2/c25-15-8-14(9-16(27)10-15)18(24(31,32)33)4-2-13-1-3-17(19(26)7-13)20(35)11-22(5-6-22)21(36)34-12-23(28,29)30/h1-4,7-10,18H,5-6,11-12H2,(H,34,36)/b4-2+. The van der Waals surface area contributed by atoms with Gasteiger partial charge in [0.25, 0.3) is 0 Å². The normalized spacial score (nSPS) is 16.1. The molecule has 1 unspecified atom stereocenters. The average molecular weight is 645 g/mol. The molecule has 36 heavy (non-hydrogen) atoms. The van der Waals surface area contributed by atoms with Crippen LogP contribution in [-0.2, 0) is 4.79 Å². The van der Waals surface area contributed by atoms with Crippen LogP contribution in [-0.4, -0.2) is 30.6 Å². The molecule has 1 aliphatic rings. The summed E-state index contributed by atoms with van der Waals surface area (Å²) < 4.78 is 92.1. The van der Waals surface area contributed by atoms with Crippen LogP contribution in [0.15, 0.2) is 51.4 Å². The number of halogens is 9. The van der Waals surface area contributed by atoms with E-state index >= 15 is 0 Å². The second-order valence-corrected chi connectivity index (χ2v) is 10.3. The minimum atomic E-state index is -4.69. The fourth-order valence-corrected chi connectivity index (χ4v) is 4.74. The third-order valence-electron chi connectivity index (χ3n) is 5.65. The van der Waals surface area contributed by atoms with E-state index in [1.54, 1.807) is 0 Å². The molecule has 0 aliphatic heterocycles. The first-order valence-electron chi connectivity index (χ1n) is 10.5. The number of allylic oxidation sites excluding steroid dienone is 1. The van der Waals surface area contributed by atoms with E-state index in [0.29, 0.717) is 5.56 Å². The zero-order valence-electron chi connectivity index (χ0n) is 18.2. The minimum Gasteiger partial charge on any atom is -0.346 e. The van der Waals surface area contributed by atoms with Crippen molar-refractivity contribution in [2.24, 2.45) is 5.41 Å². The van der Waals surface area contributed by atoms with Crippen LogP contribution in [0.4, 0.5) is 30.7 Å². The van der Waals surface area contributed by atoms with Gasteiger partial charge in [-0.15, -0.1) is 0 Å². The number of nitrogens with one attached hydrogen (secondary N) is 1. The summed E-state index contributed by atoms with van der Waals surface area (Å²) in [6, 6.07) is 7.16. The fraction of sp³-hybridized carbons (Fsp3) is 0.333. The van der Waals surface area contributed by atoms with Gasteiger partial charge in [0.15, 0.2) is 5.78 Å². The molecule has 0 bridgehead atoms. The van der Waals surface area contributed by atoms with Crippen molar-refractivity contribution in [2.75, 3.05) is 6.54 Å². The zero-order chi connectivity index (χ0) is 26.9. The Morgan fingerprint density at radius 1 is 1.03 bits per heavy atom. The summed E-state index contributed by atoms with van der Waals surface area (Å²) in [4.78, 5) is 24.9. The molecule has 1 N–H and O–H groups in total. The Labute approximate surface area is 218 Å². The molecule has 3 rings (SSSR count). The molecule has 1 aliphatic carbocycles. The zero-order valence-corrected chi connectivity index (χ0v) is 21.4. The molecule has 2 aromatic rings. The van der Waals surface area contributed by atoms with Crippen molar-refractivity contribution in [3.63, 3.8) is 0 Å². The SMILES string of the molecule is O=C(CC1(C(=O)NCC(F)(F)F)CC1)c1ccc(/C=C/C(c2cc(F)cc(Br)c2)C(F)(F)F)cc1Br. The Morgan fingerprint density at radius 3 is 2.22 bits per heavy atom. The van der Waals surface area contributed by atoms with Gasteiger partial charge < -0.3 is 5.32 Å². The van der Waals surface area contributed by atoms with Crippen LogP contribution in [0.5, 0.6) is 0 Å². The van der Waals surface area contributed by atoms with Crippen molar-refractivity contribution in [2.45, 2.75) is 37.5 Å². The van der Waals surface area contributed by atoms with E-state index in [9.17, 15) is 40.3 Å². The first kappa shape index (κ1) is 28.4. The summed E-state index contributed by atoms with van der Waals surface area (Å²) in [5.41, 5.74) is -1.04. The molecule has 1 amide bonds. The number of hydrogen-bond acceptors (Lipinski definition) is 2. The summed E-state index contributed by atoms with van der Waals surface area (Å²) >= 11 is 6.18. The predicted molar refractivity (Wildman–Crippen MR) is 126 cm³/mol. The predicted octanol–water partition coefficient (Wildman–Crippen LogP) is 7.74. The summed E-state index contributed by atoms with van der Waals surface area (Å²) in [6.07, 6.45) is -6.96. The highest BCUT2D eigenvalue weighted by Crippen LogP contribution is 2.50. The number of alkyl halides is 6. The van der Waals surface area contributed by atoms with Crippen LogP contribution < -0.4 is 5.32 Å². The van der Waals surface area contributed by atoms with Crippen molar-refractivity contribution in [1.29, 1.82) is 0 Å². The molecule has 1 fully saturated rings. The second-order valence-electron chi connectivity index (χ2n) is 8.50. The summed E-state index contributed by atoms with van der Waals surface area (Å²) in [7, 11) is 0. The van der Waals surface area contributed by atoms with Crippen LogP contribution in [0.2, 0.25) is 0 Å². The van der Waals surface area contributed by atoms with E-state index in [2.05, 4.69) is 31.9 Å². The van der Waals surface area contributed by atoms with Crippen LogP contribution >= 0.6 is 31.9 Å². The van der Waals surface area contributed by atoms with E-state index in [1.165, 1.54) is 30.3 Å². The molecule has 2 aromatic carbocycles. The number of Topliss-reactive ketones (excluding diaryl/α,β-unsaturated/α-hetero) is 1. The maximum absolute atomic E-state index is 13.6. The maximum Gasteiger partial charge on any atom is 0.405 e. The number of amides is 1. The number of benzene rings is 2. The lowest BCUT2D eigenvalue weighted by molar-refractivity contribution is -0.141. The van der Waals surface area contributed by atoms with Crippen molar-refractivity contribution < 1.29 is 40.3 Å². The Bertz CT molecular complexity index is 1170. The van der Waals surface area contributed by atoms with Crippen LogP contribution in [0, 0.1) is 11.2 Å².